The second kappa shape index (κ2) is 10.3. The lowest BCUT2D eigenvalue weighted by Crippen LogP contribution is -2.19. The molecule has 0 atom stereocenters. The van der Waals surface area contributed by atoms with Crippen LogP contribution in [0.25, 0.3) is 0 Å². The van der Waals surface area contributed by atoms with Crippen LogP contribution in [-0.4, -0.2) is 37.3 Å². The van der Waals surface area contributed by atoms with Crippen LogP contribution in [0.15, 0.2) is 18.2 Å². The van der Waals surface area contributed by atoms with Gasteiger partial charge in [0.25, 0.3) is 0 Å². The molecule has 0 aliphatic rings. The molecule has 1 rings (SSSR count). The standard InChI is InChI=1S/C18H27NO2/c1-4-5-7-12-19(2)15-17-14-16(9-6-8-13-20)10-11-18(17)21-3/h10-11,14,20H,4-5,7-8,12-13,15H2,1-3H3. The first-order chi connectivity index (χ1) is 10.2. The molecule has 3 nitrogen and oxygen atoms in total. The fraction of sp³-hybridized carbons (Fsp3) is 0.556. The Morgan fingerprint density at radius 1 is 1.29 bits per heavy atom. The molecule has 21 heavy (non-hydrogen) atoms. The fourth-order valence-electron chi connectivity index (χ4n) is 2.20. The molecule has 1 aromatic rings. The lowest BCUT2D eigenvalue weighted by atomic mass is 10.1. The van der Waals surface area contributed by atoms with E-state index in [4.69, 9.17) is 9.84 Å². The van der Waals surface area contributed by atoms with Gasteiger partial charge in [0.15, 0.2) is 0 Å². The van der Waals surface area contributed by atoms with Gasteiger partial charge in [-0.1, -0.05) is 31.6 Å². The molecule has 116 valence electrons. The predicted molar refractivity (Wildman–Crippen MR) is 87.4 cm³/mol. The number of hydrogen-bond acceptors (Lipinski definition) is 3. The van der Waals surface area contributed by atoms with Crippen LogP contribution in [0, 0.1) is 11.8 Å². The van der Waals surface area contributed by atoms with Crippen LogP contribution in [0.1, 0.15) is 43.7 Å². The highest BCUT2D eigenvalue weighted by Gasteiger charge is 2.07. The van der Waals surface area contributed by atoms with Gasteiger partial charge in [-0.3, -0.25) is 0 Å². The van der Waals surface area contributed by atoms with E-state index >= 15 is 0 Å². The second-order valence-electron chi connectivity index (χ2n) is 5.25. The van der Waals surface area contributed by atoms with Gasteiger partial charge in [0.2, 0.25) is 0 Å². The fourth-order valence-corrected chi connectivity index (χ4v) is 2.20. The van der Waals surface area contributed by atoms with Crippen LogP contribution in [-0.2, 0) is 6.54 Å². The average Bonchev–Trinajstić information content (AvgIpc) is 2.48. The van der Waals surface area contributed by atoms with Crippen LogP contribution in [0.5, 0.6) is 5.75 Å². The largest absolute Gasteiger partial charge is 0.496 e. The Morgan fingerprint density at radius 3 is 2.76 bits per heavy atom. The number of methoxy groups -OCH3 is 1. The quantitative estimate of drug-likeness (QED) is 0.590. The summed E-state index contributed by atoms with van der Waals surface area (Å²) in [6, 6.07) is 6.02. The Balaban J connectivity index is 2.74. The maximum absolute atomic E-state index is 8.77. The lowest BCUT2D eigenvalue weighted by molar-refractivity contribution is 0.305. The Kier molecular flexibility index (Phi) is 8.57. The van der Waals surface area contributed by atoms with Gasteiger partial charge in [-0.05, 0) is 38.2 Å². The van der Waals surface area contributed by atoms with Gasteiger partial charge in [0.1, 0.15) is 5.75 Å². The summed E-state index contributed by atoms with van der Waals surface area (Å²) in [4.78, 5) is 2.32. The zero-order valence-electron chi connectivity index (χ0n) is 13.5. The summed E-state index contributed by atoms with van der Waals surface area (Å²) in [6.45, 7) is 4.29. The Bertz CT molecular complexity index is 474. The van der Waals surface area contributed by atoms with Crippen molar-refractivity contribution in [3.8, 4) is 17.6 Å². The van der Waals surface area contributed by atoms with Crippen molar-refractivity contribution in [2.75, 3.05) is 27.3 Å². The molecule has 0 saturated carbocycles. The Morgan fingerprint density at radius 2 is 2.10 bits per heavy atom. The van der Waals surface area contributed by atoms with Gasteiger partial charge >= 0.3 is 0 Å². The molecule has 1 aromatic carbocycles. The molecule has 3 heteroatoms. The number of ether oxygens (including phenoxy) is 1. The molecule has 0 heterocycles. The molecule has 0 aliphatic heterocycles. The molecule has 0 fully saturated rings. The van der Waals surface area contributed by atoms with Crippen LogP contribution >= 0.6 is 0 Å². The third-order valence-electron chi connectivity index (χ3n) is 3.33. The molecule has 1 N–H and O–H groups in total. The van der Waals surface area contributed by atoms with E-state index in [1.807, 2.05) is 12.1 Å². The first-order valence-electron chi connectivity index (χ1n) is 7.66. The molecule has 0 radical (unpaired) electrons. The first-order valence-corrected chi connectivity index (χ1v) is 7.66. The minimum Gasteiger partial charge on any atom is -0.496 e. The van der Waals surface area contributed by atoms with E-state index in [0.29, 0.717) is 6.42 Å². The molecule has 0 unspecified atom stereocenters. The van der Waals surface area contributed by atoms with Crippen molar-refractivity contribution in [3.05, 3.63) is 29.3 Å². The summed E-state index contributed by atoms with van der Waals surface area (Å²) in [5, 5.41) is 8.77. The molecular formula is C18H27NO2. The zero-order valence-corrected chi connectivity index (χ0v) is 13.5. The summed E-state index contributed by atoms with van der Waals surface area (Å²) in [5.74, 6) is 6.94. The van der Waals surface area contributed by atoms with Gasteiger partial charge in [-0.2, -0.15) is 0 Å². The van der Waals surface area contributed by atoms with E-state index in [1.54, 1.807) is 7.11 Å². The molecule has 0 amide bonds. The third-order valence-corrected chi connectivity index (χ3v) is 3.33. The minimum absolute atomic E-state index is 0.107. The Hall–Kier alpha value is -1.50. The smallest absolute Gasteiger partial charge is 0.123 e. The van der Waals surface area contributed by atoms with E-state index < -0.39 is 0 Å². The number of aliphatic hydroxyl groups is 1. The summed E-state index contributed by atoms with van der Waals surface area (Å²) < 4.78 is 5.44. The first kappa shape index (κ1) is 17.6. The highest BCUT2D eigenvalue weighted by atomic mass is 16.5. The Labute approximate surface area is 128 Å². The normalized spacial score (nSPS) is 10.3. The zero-order chi connectivity index (χ0) is 15.5. The molecule has 0 spiro atoms. The molecule has 0 aliphatic carbocycles. The van der Waals surface area contributed by atoms with Crippen LogP contribution < -0.4 is 4.74 Å². The van der Waals surface area contributed by atoms with E-state index in [0.717, 1.165) is 30.0 Å². The minimum atomic E-state index is 0.107. The van der Waals surface area contributed by atoms with E-state index in [-0.39, 0.29) is 6.61 Å². The van der Waals surface area contributed by atoms with Gasteiger partial charge in [-0.25, -0.2) is 0 Å². The van der Waals surface area contributed by atoms with E-state index in [1.165, 1.54) is 19.3 Å². The van der Waals surface area contributed by atoms with E-state index in [2.05, 4.69) is 36.8 Å². The van der Waals surface area contributed by atoms with Crippen molar-refractivity contribution >= 4 is 0 Å². The van der Waals surface area contributed by atoms with Crippen LogP contribution in [0.3, 0.4) is 0 Å². The molecular weight excluding hydrogens is 262 g/mol. The second-order valence-corrected chi connectivity index (χ2v) is 5.25. The van der Waals surface area contributed by atoms with Crippen LogP contribution in [0.2, 0.25) is 0 Å². The van der Waals surface area contributed by atoms with Crippen molar-refractivity contribution in [2.24, 2.45) is 0 Å². The lowest BCUT2D eigenvalue weighted by Gasteiger charge is -2.18. The number of aliphatic hydroxyl groups excluding tert-OH is 1. The number of nitrogens with zero attached hydrogens (tertiary/aromatic N) is 1. The maximum Gasteiger partial charge on any atom is 0.123 e. The SMILES string of the molecule is CCCCCN(C)Cc1cc(C#CCCO)ccc1OC. The van der Waals surface area contributed by atoms with Gasteiger partial charge < -0.3 is 14.7 Å². The van der Waals surface area contributed by atoms with Crippen molar-refractivity contribution in [3.63, 3.8) is 0 Å². The van der Waals surface area contributed by atoms with E-state index in [9.17, 15) is 0 Å². The number of hydrogen-bond donors (Lipinski definition) is 1. The molecule has 0 saturated heterocycles. The number of unbranched alkanes of at least 4 members (excludes halogenated alkanes) is 2. The van der Waals surface area contributed by atoms with Gasteiger partial charge in [0, 0.05) is 24.1 Å². The van der Waals surface area contributed by atoms with Crippen molar-refractivity contribution in [1.29, 1.82) is 0 Å². The number of rotatable bonds is 8. The predicted octanol–water partition coefficient (Wildman–Crippen LogP) is 3.05. The summed E-state index contributed by atoms with van der Waals surface area (Å²) in [7, 11) is 3.84. The molecule has 0 bridgehead atoms. The monoisotopic (exact) mass is 289 g/mol. The van der Waals surface area contributed by atoms with Crippen molar-refractivity contribution in [1.82, 2.24) is 4.90 Å². The summed E-state index contributed by atoms with van der Waals surface area (Å²) >= 11 is 0. The van der Waals surface area contributed by atoms with Crippen molar-refractivity contribution < 1.29 is 9.84 Å². The van der Waals surface area contributed by atoms with Crippen molar-refractivity contribution in [2.45, 2.75) is 39.2 Å². The summed E-state index contributed by atoms with van der Waals surface area (Å²) in [5.41, 5.74) is 2.13. The third kappa shape index (κ3) is 6.66. The number of benzene rings is 1. The highest BCUT2D eigenvalue weighted by Crippen LogP contribution is 2.21. The topological polar surface area (TPSA) is 32.7 Å². The maximum atomic E-state index is 8.77. The summed E-state index contributed by atoms with van der Waals surface area (Å²) in [6.07, 6.45) is 4.25. The van der Waals surface area contributed by atoms with Gasteiger partial charge in [-0.15, -0.1) is 0 Å². The van der Waals surface area contributed by atoms with Crippen LogP contribution in [0.4, 0.5) is 0 Å². The molecule has 0 aromatic heterocycles. The highest BCUT2D eigenvalue weighted by molar-refractivity contribution is 5.44. The van der Waals surface area contributed by atoms with Gasteiger partial charge in [0.05, 0.1) is 13.7 Å². The average molecular weight is 289 g/mol.